The van der Waals surface area contributed by atoms with Gasteiger partial charge in [-0.05, 0) is 30.7 Å². The van der Waals surface area contributed by atoms with Crippen molar-refractivity contribution in [3.63, 3.8) is 0 Å². The SMILES string of the molecule is O=C(CCCC(=O)NCCc1nc2ccccc2s1)NCCc1nc2ccccc2s1. The Morgan fingerprint density at radius 3 is 1.61 bits per heavy atom. The van der Waals surface area contributed by atoms with Gasteiger partial charge >= 0.3 is 0 Å². The molecule has 8 heteroatoms. The molecule has 6 nitrogen and oxygen atoms in total. The van der Waals surface area contributed by atoms with Gasteiger partial charge in [0.05, 0.1) is 30.4 Å². The van der Waals surface area contributed by atoms with Crippen LogP contribution in [0.5, 0.6) is 0 Å². The molecular formula is C23H24N4O2S2. The molecule has 2 amide bonds. The lowest BCUT2D eigenvalue weighted by Gasteiger charge is -2.05. The van der Waals surface area contributed by atoms with Gasteiger partial charge in [0.1, 0.15) is 0 Å². The fourth-order valence-corrected chi connectivity index (χ4v) is 5.19. The highest BCUT2D eigenvalue weighted by atomic mass is 32.1. The predicted octanol–water partition coefficient (Wildman–Crippen LogP) is 4.09. The minimum atomic E-state index is -0.0246. The van der Waals surface area contributed by atoms with Crippen molar-refractivity contribution in [2.45, 2.75) is 32.1 Å². The molecule has 31 heavy (non-hydrogen) atoms. The molecule has 0 aliphatic carbocycles. The van der Waals surface area contributed by atoms with Gasteiger partial charge in [-0.15, -0.1) is 22.7 Å². The van der Waals surface area contributed by atoms with Gasteiger partial charge in [-0.3, -0.25) is 9.59 Å². The predicted molar refractivity (Wildman–Crippen MR) is 127 cm³/mol. The zero-order valence-corrected chi connectivity index (χ0v) is 18.7. The van der Waals surface area contributed by atoms with E-state index < -0.39 is 0 Å². The van der Waals surface area contributed by atoms with E-state index >= 15 is 0 Å². The Balaban J connectivity index is 1.08. The van der Waals surface area contributed by atoms with Gasteiger partial charge in [-0.2, -0.15) is 0 Å². The van der Waals surface area contributed by atoms with Crippen LogP contribution in [-0.4, -0.2) is 34.9 Å². The molecule has 2 heterocycles. The molecule has 0 unspecified atom stereocenters. The Hall–Kier alpha value is -2.84. The largest absolute Gasteiger partial charge is 0.356 e. The average Bonchev–Trinajstić information content (AvgIpc) is 3.36. The van der Waals surface area contributed by atoms with Crippen LogP contribution in [0.25, 0.3) is 20.4 Å². The highest BCUT2D eigenvalue weighted by molar-refractivity contribution is 7.18. The number of aromatic nitrogens is 2. The number of carbonyl (C=O) groups is 2. The Labute approximate surface area is 188 Å². The van der Waals surface area contributed by atoms with Gasteiger partial charge in [0.15, 0.2) is 0 Å². The van der Waals surface area contributed by atoms with Crippen molar-refractivity contribution in [3.05, 3.63) is 58.5 Å². The first-order chi connectivity index (χ1) is 15.2. The summed E-state index contributed by atoms with van der Waals surface area (Å²) < 4.78 is 2.33. The number of nitrogens with one attached hydrogen (secondary N) is 2. The molecule has 4 aromatic rings. The molecule has 0 saturated heterocycles. The van der Waals surface area contributed by atoms with Crippen LogP contribution in [0, 0.1) is 0 Å². The normalized spacial score (nSPS) is 11.1. The summed E-state index contributed by atoms with van der Waals surface area (Å²) in [6.07, 6.45) is 2.69. The smallest absolute Gasteiger partial charge is 0.220 e. The number of benzene rings is 2. The maximum atomic E-state index is 12.0. The molecule has 2 N–H and O–H groups in total. The second-order valence-corrected chi connectivity index (χ2v) is 9.43. The zero-order valence-electron chi connectivity index (χ0n) is 17.1. The maximum absolute atomic E-state index is 12.0. The number of fused-ring (bicyclic) bond motifs is 2. The average molecular weight is 453 g/mol. The molecule has 2 aromatic heterocycles. The molecule has 2 aromatic carbocycles. The molecule has 0 atom stereocenters. The molecule has 160 valence electrons. The monoisotopic (exact) mass is 452 g/mol. The minimum Gasteiger partial charge on any atom is -0.356 e. The van der Waals surface area contributed by atoms with E-state index in [0.717, 1.165) is 43.3 Å². The minimum absolute atomic E-state index is 0.0246. The van der Waals surface area contributed by atoms with E-state index in [1.54, 1.807) is 22.7 Å². The summed E-state index contributed by atoms with van der Waals surface area (Å²) in [6.45, 7) is 1.13. The van der Waals surface area contributed by atoms with Crippen LogP contribution in [-0.2, 0) is 22.4 Å². The number of carbonyl (C=O) groups excluding carboxylic acids is 2. The Kier molecular flexibility index (Phi) is 7.22. The zero-order chi connectivity index (χ0) is 21.5. The quantitative estimate of drug-likeness (QED) is 0.380. The third-order valence-corrected chi connectivity index (χ3v) is 7.00. The van der Waals surface area contributed by atoms with Crippen molar-refractivity contribution in [1.29, 1.82) is 0 Å². The van der Waals surface area contributed by atoms with Crippen LogP contribution >= 0.6 is 22.7 Å². The summed E-state index contributed by atoms with van der Waals surface area (Å²) in [6, 6.07) is 16.1. The Morgan fingerprint density at radius 1 is 0.710 bits per heavy atom. The van der Waals surface area contributed by atoms with E-state index in [0.29, 0.717) is 32.4 Å². The lowest BCUT2D eigenvalue weighted by atomic mass is 10.2. The number of thiazole rings is 2. The van der Waals surface area contributed by atoms with Crippen LogP contribution in [0.1, 0.15) is 29.3 Å². The highest BCUT2D eigenvalue weighted by Gasteiger charge is 2.08. The number of hydrogen-bond donors (Lipinski definition) is 2. The maximum Gasteiger partial charge on any atom is 0.220 e. The Morgan fingerprint density at radius 2 is 1.16 bits per heavy atom. The first-order valence-corrected chi connectivity index (χ1v) is 12.0. The van der Waals surface area contributed by atoms with Gasteiger partial charge in [0, 0.05) is 38.8 Å². The molecule has 0 radical (unpaired) electrons. The second kappa shape index (κ2) is 10.5. The van der Waals surface area contributed by atoms with Gasteiger partial charge in [-0.1, -0.05) is 24.3 Å². The molecule has 0 aliphatic heterocycles. The number of amides is 2. The van der Waals surface area contributed by atoms with Crippen molar-refractivity contribution in [1.82, 2.24) is 20.6 Å². The summed E-state index contributed by atoms with van der Waals surface area (Å²) >= 11 is 3.32. The fraction of sp³-hybridized carbons (Fsp3) is 0.304. The van der Waals surface area contributed by atoms with Gasteiger partial charge in [-0.25, -0.2) is 9.97 Å². The standard InChI is InChI=1S/C23H24N4O2S2/c28-20(24-14-12-22-26-16-6-1-3-8-18(16)30-22)10-5-11-21(29)25-15-13-23-27-17-7-2-4-9-19(17)31-23/h1-4,6-9H,5,10-15H2,(H,24,28)(H,25,29). The Bertz CT molecular complexity index is 1030. The van der Waals surface area contributed by atoms with Crippen molar-refractivity contribution >= 4 is 54.9 Å². The van der Waals surface area contributed by atoms with E-state index in [9.17, 15) is 9.59 Å². The van der Waals surface area contributed by atoms with Crippen molar-refractivity contribution in [2.75, 3.05) is 13.1 Å². The number of rotatable bonds is 10. The summed E-state index contributed by atoms with van der Waals surface area (Å²) in [5.74, 6) is -0.0493. The van der Waals surface area contributed by atoms with E-state index in [1.807, 2.05) is 36.4 Å². The third-order valence-electron chi connectivity index (χ3n) is 4.81. The topological polar surface area (TPSA) is 84.0 Å². The molecule has 0 aliphatic rings. The first kappa shape index (κ1) is 21.4. The van der Waals surface area contributed by atoms with Crippen molar-refractivity contribution in [2.24, 2.45) is 0 Å². The third kappa shape index (κ3) is 6.08. The van der Waals surface area contributed by atoms with Crippen LogP contribution in [0.3, 0.4) is 0 Å². The molecule has 0 spiro atoms. The van der Waals surface area contributed by atoms with Crippen LogP contribution < -0.4 is 10.6 Å². The van der Waals surface area contributed by atoms with Crippen LogP contribution in [0.4, 0.5) is 0 Å². The number of hydrogen-bond acceptors (Lipinski definition) is 6. The van der Waals surface area contributed by atoms with E-state index in [4.69, 9.17) is 0 Å². The van der Waals surface area contributed by atoms with E-state index in [2.05, 4.69) is 32.7 Å². The molecule has 0 saturated carbocycles. The first-order valence-electron chi connectivity index (χ1n) is 10.4. The molecule has 0 bridgehead atoms. The second-order valence-electron chi connectivity index (χ2n) is 7.20. The van der Waals surface area contributed by atoms with E-state index in [1.165, 1.54) is 0 Å². The van der Waals surface area contributed by atoms with Gasteiger partial charge in [0.2, 0.25) is 11.8 Å². The van der Waals surface area contributed by atoms with Crippen LogP contribution in [0.15, 0.2) is 48.5 Å². The van der Waals surface area contributed by atoms with Crippen LogP contribution in [0.2, 0.25) is 0 Å². The fourth-order valence-electron chi connectivity index (χ4n) is 3.26. The molecule has 0 fully saturated rings. The number of nitrogens with zero attached hydrogens (tertiary/aromatic N) is 2. The highest BCUT2D eigenvalue weighted by Crippen LogP contribution is 2.22. The lowest BCUT2D eigenvalue weighted by molar-refractivity contribution is -0.122. The summed E-state index contributed by atoms with van der Waals surface area (Å²) in [5.41, 5.74) is 2.01. The number of para-hydroxylation sites is 2. The van der Waals surface area contributed by atoms with Gasteiger partial charge in [0.25, 0.3) is 0 Å². The van der Waals surface area contributed by atoms with Crippen molar-refractivity contribution in [3.8, 4) is 0 Å². The van der Waals surface area contributed by atoms with E-state index in [-0.39, 0.29) is 11.8 Å². The molecule has 4 rings (SSSR count). The lowest BCUT2D eigenvalue weighted by Crippen LogP contribution is -2.27. The summed E-state index contributed by atoms with van der Waals surface area (Å²) in [5, 5.41) is 7.88. The van der Waals surface area contributed by atoms with Gasteiger partial charge < -0.3 is 10.6 Å². The summed E-state index contributed by atoms with van der Waals surface area (Å²) in [4.78, 5) is 33.1. The molecular weight excluding hydrogens is 428 g/mol. The van der Waals surface area contributed by atoms with Crippen molar-refractivity contribution < 1.29 is 9.59 Å². The summed E-state index contributed by atoms with van der Waals surface area (Å²) in [7, 11) is 0.